The van der Waals surface area contributed by atoms with Crippen molar-refractivity contribution in [1.82, 2.24) is 0 Å². The van der Waals surface area contributed by atoms with E-state index >= 15 is 13.2 Å². The Morgan fingerprint density at radius 3 is 1.29 bits per heavy atom. The smallest absolute Gasteiger partial charge is 0.379 e. The van der Waals surface area contributed by atoms with Crippen molar-refractivity contribution in [2.24, 2.45) is 0 Å². The maximum Gasteiger partial charge on any atom is 0.406 e. The second kappa shape index (κ2) is 14.5. The summed E-state index contributed by atoms with van der Waals surface area (Å²) >= 11 is 0. The summed E-state index contributed by atoms with van der Waals surface area (Å²) in [5, 5.41) is 0. The van der Waals surface area contributed by atoms with Gasteiger partial charge in [-0.3, -0.25) is 0 Å². The molecule has 0 bridgehead atoms. The molecule has 5 aromatic rings. The Bertz CT molecular complexity index is 2140. The molecule has 5 rings (SSSR count). The molecule has 0 saturated carbocycles. The van der Waals surface area contributed by atoms with Gasteiger partial charge in [-0.25, -0.2) is 8.78 Å². The summed E-state index contributed by atoms with van der Waals surface area (Å²) in [6.07, 6.45) is -2.51. The number of hydrogen-bond acceptors (Lipinski definition) is 6. The summed E-state index contributed by atoms with van der Waals surface area (Å²) in [5.74, 6) is -1.90. The Hall–Kier alpha value is -5.27. The first kappa shape index (κ1) is 37.0. The molecule has 0 amide bonds. The standard InChI is InChI=1S/C38H29F5O6S2/c1-3-8-26-24-29(12-22-35(26)48-50(44,45)33-18-14-31(39)15-19-33)37(38(41,42)43,28-10-6-5-7-11-28)30-13-23-36(27(25-30)9-4-2)49-51(46,47)34-20-16-32(40)17-21-34/h3-7,10-25H,1-2,8-9H2. The molecule has 0 radical (unpaired) electrons. The summed E-state index contributed by atoms with van der Waals surface area (Å²) < 4.78 is 138. The van der Waals surface area contributed by atoms with E-state index in [0.717, 1.165) is 72.8 Å². The molecule has 0 aromatic heterocycles. The van der Waals surface area contributed by atoms with E-state index in [2.05, 4.69) is 13.2 Å². The van der Waals surface area contributed by atoms with Crippen LogP contribution < -0.4 is 8.37 Å². The van der Waals surface area contributed by atoms with Gasteiger partial charge in [0.15, 0.2) is 0 Å². The summed E-state index contributed by atoms with van der Waals surface area (Å²) in [6.45, 7) is 7.31. The predicted molar refractivity (Wildman–Crippen MR) is 181 cm³/mol. The number of hydrogen-bond donors (Lipinski definition) is 0. The molecule has 51 heavy (non-hydrogen) atoms. The minimum Gasteiger partial charge on any atom is -0.379 e. The van der Waals surface area contributed by atoms with E-state index in [0.29, 0.717) is 0 Å². The van der Waals surface area contributed by atoms with Crippen LogP contribution >= 0.6 is 0 Å². The van der Waals surface area contributed by atoms with Crippen LogP contribution in [0.15, 0.2) is 150 Å². The Morgan fingerprint density at radius 2 is 0.941 bits per heavy atom. The van der Waals surface area contributed by atoms with E-state index in [1.165, 1.54) is 48.6 Å². The van der Waals surface area contributed by atoms with Crippen LogP contribution in [0.25, 0.3) is 0 Å². The third-order valence-electron chi connectivity index (χ3n) is 7.95. The molecule has 13 heteroatoms. The molecule has 0 aliphatic carbocycles. The van der Waals surface area contributed by atoms with Crippen LogP contribution in [0.1, 0.15) is 27.8 Å². The summed E-state index contributed by atoms with van der Waals surface area (Å²) in [4.78, 5) is -0.741. The van der Waals surface area contributed by atoms with Crippen molar-refractivity contribution in [1.29, 1.82) is 0 Å². The summed E-state index contributed by atoms with van der Waals surface area (Å²) in [6, 6.07) is 21.4. The van der Waals surface area contributed by atoms with Gasteiger partial charge in [-0.15, -0.1) is 13.2 Å². The average molecular weight is 741 g/mol. The minimum atomic E-state index is -5.05. The zero-order valence-electron chi connectivity index (χ0n) is 26.6. The van der Waals surface area contributed by atoms with Gasteiger partial charge in [-0.1, -0.05) is 66.7 Å². The number of alkyl halides is 3. The van der Waals surface area contributed by atoms with Crippen molar-refractivity contribution in [3.05, 3.63) is 180 Å². The van der Waals surface area contributed by atoms with E-state index in [-0.39, 0.29) is 61.9 Å². The lowest BCUT2D eigenvalue weighted by atomic mass is 9.68. The SMILES string of the molecule is C=CCc1cc(C(c2ccccc2)(c2ccc(OS(=O)(=O)c3ccc(F)cc3)c(CC=C)c2)C(F)(F)F)ccc1OS(=O)(=O)c1ccc(F)cc1. The van der Waals surface area contributed by atoms with Gasteiger partial charge < -0.3 is 8.37 Å². The zero-order chi connectivity index (χ0) is 37.0. The quantitative estimate of drug-likeness (QED) is 0.0519. The van der Waals surface area contributed by atoms with Crippen molar-refractivity contribution in [3.8, 4) is 11.5 Å². The Morgan fingerprint density at radius 1 is 0.549 bits per heavy atom. The van der Waals surface area contributed by atoms with Crippen molar-refractivity contribution in [3.63, 3.8) is 0 Å². The third-order valence-corrected chi connectivity index (χ3v) is 10.4. The highest BCUT2D eigenvalue weighted by Crippen LogP contribution is 2.52. The molecule has 0 heterocycles. The van der Waals surface area contributed by atoms with Gasteiger partial charge in [-0.05, 0) is 101 Å². The lowest BCUT2D eigenvalue weighted by Gasteiger charge is -2.38. The lowest BCUT2D eigenvalue weighted by molar-refractivity contribution is -0.166. The van der Waals surface area contributed by atoms with Gasteiger partial charge in [0, 0.05) is 0 Å². The predicted octanol–water partition coefficient (Wildman–Crippen LogP) is 8.85. The molecule has 0 aliphatic rings. The van der Waals surface area contributed by atoms with E-state index in [1.807, 2.05) is 0 Å². The molecule has 0 fully saturated rings. The van der Waals surface area contributed by atoms with E-state index in [9.17, 15) is 25.6 Å². The second-order valence-corrected chi connectivity index (χ2v) is 14.3. The number of rotatable bonds is 13. The van der Waals surface area contributed by atoms with Gasteiger partial charge in [0.25, 0.3) is 0 Å². The maximum atomic E-state index is 16.0. The average Bonchev–Trinajstić information content (AvgIpc) is 3.07. The topological polar surface area (TPSA) is 86.7 Å². The highest BCUT2D eigenvalue weighted by Gasteiger charge is 2.58. The van der Waals surface area contributed by atoms with Crippen molar-refractivity contribution >= 4 is 20.2 Å². The van der Waals surface area contributed by atoms with Crippen molar-refractivity contribution in [2.75, 3.05) is 0 Å². The van der Waals surface area contributed by atoms with Crippen LogP contribution in [-0.2, 0) is 38.5 Å². The Labute approximate surface area is 292 Å². The van der Waals surface area contributed by atoms with E-state index < -0.39 is 43.5 Å². The molecule has 0 atom stereocenters. The summed E-state index contributed by atoms with van der Waals surface area (Å²) in [5.41, 5.74) is -3.64. The molecular formula is C38H29F5O6S2. The van der Waals surface area contributed by atoms with Gasteiger partial charge in [0.05, 0.1) is 0 Å². The van der Waals surface area contributed by atoms with Gasteiger partial charge in [-0.2, -0.15) is 30.0 Å². The fourth-order valence-corrected chi connectivity index (χ4v) is 7.56. The number of benzene rings is 5. The Balaban J connectivity index is 1.70. The summed E-state index contributed by atoms with van der Waals surface area (Å²) in [7, 11) is -9.04. The largest absolute Gasteiger partial charge is 0.406 e. The fraction of sp³-hybridized carbons (Fsp3) is 0.105. The number of halogens is 5. The van der Waals surface area contributed by atoms with Crippen LogP contribution in [0.2, 0.25) is 0 Å². The molecule has 0 N–H and O–H groups in total. The zero-order valence-corrected chi connectivity index (χ0v) is 28.2. The first-order valence-corrected chi connectivity index (χ1v) is 17.9. The molecule has 0 aliphatic heterocycles. The lowest BCUT2D eigenvalue weighted by Crippen LogP contribution is -2.44. The highest BCUT2D eigenvalue weighted by molar-refractivity contribution is 7.87. The molecule has 0 saturated heterocycles. The minimum absolute atomic E-state index is 0.0504. The van der Waals surface area contributed by atoms with Gasteiger partial charge in [0.2, 0.25) is 0 Å². The van der Waals surface area contributed by atoms with Crippen molar-refractivity contribution < 1.29 is 47.2 Å². The van der Waals surface area contributed by atoms with Crippen molar-refractivity contribution in [2.45, 2.75) is 34.2 Å². The highest BCUT2D eigenvalue weighted by atomic mass is 32.2. The molecule has 264 valence electrons. The maximum absolute atomic E-state index is 16.0. The molecule has 6 nitrogen and oxygen atoms in total. The van der Waals surface area contributed by atoms with Crippen LogP contribution in [0.4, 0.5) is 22.0 Å². The normalized spacial score (nSPS) is 12.3. The molecule has 0 spiro atoms. The molecule has 0 unspecified atom stereocenters. The Kier molecular flexibility index (Phi) is 10.5. The molecular weight excluding hydrogens is 712 g/mol. The van der Waals surface area contributed by atoms with Crippen LogP contribution in [0.5, 0.6) is 11.5 Å². The third kappa shape index (κ3) is 7.59. The number of allylic oxidation sites excluding steroid dienone is 2. The van der Waals surface area contributed by atoms with E-state index in [1.54, 1.807) is 6.07 Å². The molecule has 5 aromatic carbocycles. The second-order valence-electron chi connectivity index (χ2n) is 11.2. The van der Waals surface area contributed by atoms with Crippen LogP contribution in [-0.4, -0.2) is 23.0 Å². The van der Waals surface area contributed by atoms with Crippen LogP contribution in [0.3, 0.4) is 0 Å². The first-order chi connectivity index (χ1) is 24.1. The van der Waals surface area contributed by atoms with Crippen LogP contribution in [0, 0.1) is 11.6 Å². The monoisotopic (exact) mass is 740 g/mol. The first-order valence-electron chi connectivity index (χ1n) is 15.1. The fourth-order valence-electron chi connectivity index (χ4n) is 5.63. The van der Waals surface area contributed by atoms with Gasteiger partial charge in [0.1, 0.15) is 38.3 Å². The van der Waals surface area contributed by atoms with E-state index in [4.69, 9.17) is 8.37 Å². The van der Waals surface area contributed by atoms with Gasteiger partial charge >= 0.3 is 26.4 Å².